The van der Waals surface area contributed by atoms with E-state index in [0.717, 1.165) is 83.5 Å². The van der Waals surface area contributed by atoms with Crippen molar-refractivity contribution in [2.24, 2.45) is 0 Å². The molecule has 0 aliphatic rings. The quantitative estimate of drug-likeness (QED) is 0.0261. The van der Waals surface area contributed by atoms with E-state index in [1.54, 1.807) is 0 Å². The highest BCUT2D eigenvalue weighted by Crippen LogP contribution is 2.18. The number of rotatable bonds is 60. The second kappa shape index (κ2) is 61.4. The Morgan fingerprint density at radius 2 is 0.514 bits per heavy atom. The lowest BCUT2D eigenvalue weighted by atomic mass is 10.0. The molecule has 0 aromatic carbocycles. The van der Waals surface area contributed by atoms with Crippen molar-refractivity contribution in [3.05, 3.63) is 24.3 Å². The lowest BCUT2D eigenvalue weighted by Crippen LogP contribution is -2.30. The number of hydrogen-bond acceptors (Lipinski definition) is 6. The molecule has 72 heavy (non-hydrogen) atoms. The fourth-order valence-corrected chi connectivity index (χ4v) is 9.82. The molecule has 6 nitrogen and oxygen atoms in total. The van der Waals surface area contributed by atoms with Crippen LogP contribution in [0.3, 0.4) is 0 Å². The number of allylic oxidation sites excluding steroid dienone is 4. The van der Waals surface area contributed by atoms with Gasteiger partial charge in [-0.3, -0.25) is 14.4 Å². The molecule has 0 saturated carbocycles. The minimum Gasteiger partial charge on any atom is -0.462 e. The molecule has 6 heteroatoms. The number of carbonyl (C=O) groups excluding carboxylic acids is 3. The summed E-state index contributed by atoms with van der Waals surface area (Å²) in [4.78, 5) is 38.0. The maximum absolute atomic E-state index is 12.8. The van der Waals surface area contributed by atoms with Gasteiger partial charge in [0, 0.05) is 19.3 Å². The van der Waals surface area contributed by atoms with Gasteiger partial charge in [-0.1, -0.05) is 321 Å². The van der Waals surface area contributed by atoms with Gasteiger partial charge in [-0.2, -0.15) is 0 Å². The first-order valence-corrected chi connectivity index (χ1v) is 32.3. The Balaban J connectivity index is 3.96. The molecule has 0 radical (unpaired) electrons. The zero-order valence-corrected chi connectivity index (χ0v) is 48.7. The third-order valence-corrected chi connectivity index (χ3v) is 14.7. The predicted octanol–water partition coefficient (Wildman–Crippen LogP) is 21.8. The summed E-state index contributed by atoms with van der Waals surface area (Å²) in [6, 6.07) is 0. The Labute approximate surface area is 449 Å². The van der Waals surface area contributed by atoms with Crippen LogP contribution in [0, 0.1) is 0 Å². The minimum absolute atomic E-state index is 0.0721. The molecule has 424 valence electrons. The molecule has 0 N–H and O–H groups in total. The number of hydrogen-bond donors (Lipinski definition) is 0. The van der Waals surface area contributed by atoms with E-state index >= 15 is 0 Å². The first-order valence-electron chi connectivity index (χ1n) is 32.3. The predicted molar refractivity (Wildman–Crippen MR) is 312 cm³/mol. The van der Waals surface area contributed by atoms with Crippen LogP contribution in [0.15, 0.2) is 24.3 Å². The molecule has 0 amide bonds. The Hall–Kier alpha value is -2.11. The van der Waals surface area contributed by atoms with Crippen LogP contribution in [0.5, 0.6) is 0 Å². The molecule has 1 atom stereocenters. The number of carbonyl (C=O) groups is 3. The van der Waals surface area contributed by atoms with Crippen molar-refractivity contribution in [1.29, 1.82) is 0 Å². The molecule has 0 fully saturated rings. The van der Waals surface area contributed by atoms with Gasteiger partial charge in [0.2, 0.25) is 0 Å². The van der Waals surface area contributed by atoms with Gasteiger partial charge >= 0.3 is 17.9 Å². The van der Waals surface area contributed by atoms with Crippen molar-refractivity contribution in [1.82, 2.24) is 0 Å². The van der Waals surface area contributed by atoms with Crippen molar-refractivity contribution in [2.75, 3.05) is 13.2 Å². The largest absolute Gasteiger partial charge is 0.462 e. The summed E-state index contributed by atoms with van der Waals surface area (Å²) in [5.41, 5.74) is 0. The molecule has 1 unspecified atom stereocenters. The van der Waals surface area contributed by atoms with Gasteiger partial charge < -0.3 is 14.2 Å². The zero-order chi connectivity index (χ0) is 52.2. The van der Waals surface area contributed by atoms with Crippen LogP contribution in [0.2, 0.25) is 0 Å². The van der Waals surface area contributed by atoms with E-state index in [0.29, 0.717) is 19.3 Å². The van der Waals surface area contributed by atoms with E-state index in [1.165, 1.54) is 238 Å². The van der Waals surface area contributed by atoms with Gasteiger partial charge in [-0.05, 0) is 44.9 Å². The SMILES string of the molecule is CCCC/C=C\C/C=C\CCCCCCCC(=O)OC(COC(=O)CCCCCCCCCC)COC(=O)CCCCCCCCCCCCCCCCCCCCCCCCCCCCCCCCCC. The van der Waals surface area contributed by atoms with Crippen molar-refractivity contribution in [2.45, 2.75) is 367 Å². The molecule has 0 rings (SSSR count). The van der Waals surface area contributed by atoms with Crippen LogP contribution in [-0.2, 0) is 28.6 Å². The Bertz CT molecular complexity index is 1160. The lowest BCUT2D eigenvalue weighted by Gasteiger charge is -2.18. The maximum Gasteiger partial charge on any atom is 0.306 e. The molecule has 0 heterocycles. The maximum atomic E-state index is 12.8. The summed E-state index contributed by atoms with van der Waals surface area (Å²) in [6.07, 6.45) is 73.8. The Kier molecular flexibility index (Phi) is 59.6. The van der Waals surface area contributed by atoms with Gasteiger partial charge in [0.05, 0.1) is 0 Å². The average Bonchev–Trinajstić information content (AvgIpc) is 3.38. The average molecular weight is 1010 g/mol. The van der Waals surface area contributed by atoms with E-state index in [4.69, 9.17) is 14.2 Å². The van der Waals surface area contributed by atoms with Crippen LogP contribution in [-0.4, -0.2) is 37.2 Å². The van der Waals surface area contributed by atoms with Crippen molar-refractivity contribution in [3.8, 4) is 0 Å². The second-order valence-electron chi connectivity index (χ2n) is 22.0. The molecule has 0 bridgehead atoms. The molecule has 0 saturated heterocycles. The third-order valence-electron chi connectivity index (χ3n) is 14.7. The second-order valence-corrected chi connectivity index (χ2v) is 22.0. The first kappa shape index (κ1) is 69.9. The summed E-state index contributed by atoms with van der Waals surface area (Å²) in [5.74, 6) is -0.871. The van der Waals surface area contributed by atoms with Crippen LogP contribution in [0.25, 0.3) is 0 Å². The van der Waals surface area contributed by atoms with Crippen molar-refractivity contribution >= 4 is 17.9 Å². The first-order chi connectivity index (χ1) is 35.5. The zero-order valence-electron chi connectivity index (χ0n) is 48.7. The van der Waals surface area contributed by atoms with Gasteiger partial charge in [0.1, 0.15) is 13.2 Å². The summed E-state index contributed by atoms with van der Waals surface area (Å²) < 4.78 is 16.8. The highest BCUT2D eigenvalue weighted by Gasteiger charge is 2.19. The van der Waals surface area contributed by atoms with Gasteiger partial charge in [0.15, 0.2) is 6.10 Å². The topological polar surface area (TPSA) is 78.9 Å². The van der Waals surface area contributed by atoms with E-state index in [-0.39, 0.29) is 31.1 Å². The summed E-state index contributed by atoms with van der Waals surface area (Å²) >= 11 is 0. The number of esters is 3. The molecular formula is C66H124O6. The van der Waals surface area contributed by atoms with Gasteiger partial charge in [-0.25, -0.2) is 0 Å². The fourth-order valence-electron chi connectivity index (χ4n) is 9.82. The highest BCUT2D eigenvalue weighted by molar-refractivity contribution is 5.71. The van der Waals surface area contributed by atoms with Crippen molar-refractivity contribution in [3.63, 3.8) is 0 Å². The summed E-state index contributed by atoms with van der Waals surface area (Å²) in [7, 11) is 0. The van der Waals surface area contributed by atoms with Crippen molar-refractivity contribution < 1.29 is 28.6 Å². The smallest absolute Gasteiger partial charge is 0.306 e. The standard InChI is InChI=1S/C66H124O6/c1-4-7-10-13-16-19-21-23-25-26-27-28-29-30-31-32-33-34-35-36-37-38-39-40-41-42-44-45-47-50-53-56-59-65(68)71-62-63(61-70-64(67)58-55-52-49-18-15-12-9-6-3)72-66(69)60-57-54-51-48-46-43-24-22-20-17-14-11-8-5-2/h14,17,22,24,63H,4-13,15-16,18-21,23,25-62H2,1-3H3/b17-14-,24-22-. The lowest BCUT2D eigenvalue weighted by molar-refractivity contribution is -0.167. The van der Waals surface area contributed by atoms with E-state index < -0.39 is 6.10 Å². The van der Waals surface area contributed by atoms with Gasteiger partial charge in [0.25, 0.3) is 0 Å². The van der Waals surface area contributed by atoms with Crippen LogP contribution in [0.4, 0.5) is 0 Å². The van der Waals surface area contributed by atoms with Gasteiger partial charge in [-0.15, -0.1) is 0 Å². The number of unbranched alkanes of at least 4 members (excludes halogenated alkanes) is 45. The Morgan fingerprint density at radius 1 is 0.278 bits per heavy atom. The molecule has 0 aromatic heterocycles. The van der Waals surface area contributed by atoms with E-state index in [1.807, 2.05) is 0 Å². The highest BCUT2D eigenvalue weighted by atomic mass is 16.6. The summed E-state index contributed by atoms with van der Waals surface area (Å²) in [5, 5.41) is 0. The number of ether oxygens (including phenoxy) is 3. The summed E-state index contributed by atoms with van der Waals surface area (Å²) in [6.45, 7) is 6.61. The van der Waals surface area contributed by atoms with Crippen LogP contribution >= 0.6 is 0 Å². The molecule has 0 spiro atoms. The van der Waals surface area contributed by atoms with E-state index in [2.05, 4.69) is 45.1 Å². The molecular weight excluding hydrogens is 889 g/mol. The van der Waals surface area contributed by atoms with Crippen LogP contribution in [0.1, 0.15) is 361 Å². The van der Waals surface area contributed by atoms with Crippen LogP contribution < -0.4 is 0 Å². The monoisotopic (exact) mass is 1010 g/mol. The minimum atomic E-state index is -0.773. The normalized spacial score (nSPS) is 12.1. The van der Waals surface area contributed by atoms with E-state index in [9.17, 15) is 14.4 Å². The fraction of sp³-hybridized carbons (Fsp3) is 0.894. The molecule has 0 aromatic rings. The Morgan fingerprint density at radius 3 is 0.806 bits per heavy atom. The molecule has 0 aliphatic carbocycles. The third kappa shape index (κ3) is 58.8. The molecule has 0 aliphatic heterocycles.